The molecule has 0 fully saturated rings. The zero-order valence-electron chi connectivity index (χ0n) is 42.4. The van der Waals surface area contributed by atoms with Gasteiger partial charge in [-0.15, -0.1) is 23.7 Å². The van der Waals surface area contributed by atoms with E-state index in [4.69, 9.17) is 0 Å². The minimum atomic E-state index is 1.04. The highest BCUT2D eigenvalue weighted by Crippen LogP contribution is 2.42. The maximum Gasteiger partial charge on any atom is 0.0403 e. The van der Waals surface area contributed by atoms with Gasteiger partial charge < -0.3 is 0 Å². The van der Waals surface area contributed by atoms with Gasteiger partial charge in [0.15, 0.2) is 0 Å². The van der Waals surface area contributed by atoms with Gasteiger partial charge in [0.2, 0.25) is 0 Å². The lowest BCUT2D eigenvalue weighted by Crippen LogP contribution is -1.93. The number of benzene rings is 10. The second-order valence-corrected chi connectivity index (χ2v) is 20.9. The Morgan fingerprint density at radius 3 is 0.611 bits per heavy atom. The van der Waals surface area contributed by atoms with E-state index in [-0.39, 0.29) is 0 Å². The molecular formula is C72H52. The third kappa shape index (κ3) is 6.98. The summed E-state index contributed by atoms with van der Waals surface area (Å²) in [6.07, 6.45) is 13.4. The first-order valence-electron chi connectivity index (χ1n) is 25.4. The van der Waals surface area contributed by atoms with Gasteiger partial charge in [-0.25, -0.2) is 0 Å². The Hall–Kier alpha value is -8.52. The molecule has 0 heteroatoms. The maximum absolute atomic E-state index is 3.49. The molecule has 0 amide bonds. The van der Waals surface area contributed by atoms with Crippen LogP contribution in [0.4, 0.5) is 0 Å². The SMILES string of the molecule is CC#Cc1c2cc3cc4c(cc3cc2c(C#CC)c2cc3cc5c(cc3cc12)C=C(C)C5)CC(C)=C4.CC#Cc1c2cc3cc4c(cc3cc2c(C#CC)c2cc3cc5c(cc3cc12)CC(C)=C5)CC(C)=C4. The van der Waals surface area contributed by atoms with Crippen molar-refractivity contribution in [2.75, 3.05) is 0 Å². The highest BCUT2D eigenvalue weighted by atomic mass is 14.2. The van der Waals surface area contributed by atoms with E-state index in [0.29, 0.717) is 0 Å². The molecular weight excluding hydrogens is 865 g/mol. The second kappa shape index (κ2) is 16.5. The maximum atomic E-state index is 3.49. The van der Waals surface area contributed by atoms with Crippen LogP contribution >= 0.6 is 0 Å². The van der Waals surface area contributed by atoms with Crippen molar-refractivity contribution in [1.82, 2.24) is 0 Å². The molecule has 0 N–H and O–H groups in total. The summed E-state index contributed by atoms with van der Waals surface area (Å²) in [6.45, 7) is 16.6. The summed E-state index contributed by atoms with van der Waals surface area (Å²) < 4.78 is 0. The molecule has 10 aromatic rings. The van der Waals surface area contributed by atoms with Crippen molar-refractivity contribution < 1.29 is 0 Å². The highest BCUT2D eigenvalue weighted by molar-refractivity contribution is 6.18. The molecule has 0 atom stereocenters. The van der Waals surface area contributed by atoms with Gasteiger partial charge in [0, 0.05) is 22.3 Å². The molecule has 72 heavy (non-hydrogen) atoms. The van der Waals surface area contributed by atoms with E-state index >= 15 is 0 Å². The zero-order chi connectivity index (χ0) is 49.1. The minimum Gasteiger partial charge on any atom is -0.101 e. The number of hydrogen-bond donors (Lipinski definition) is 0. The molecule has 10 aromatic carbocycles. The normalized spacial score (nSPS) is 13.8. The monoisotopic (exact) mass is 916 g/mol. The molecule has 4 aliphatic carbocycles. The van der Waals surface area contributed by atoms with Gasteiger partial charge in [-0.1, -0.05) is 94.5 Å². The fourth-order valence-electron chi connectivity index (χ4n) is 12.5. The van der Waals surface area contributed by atoms with Crippen LogP contribution in [0.2, 0.25) is 0 Å². The molecule has 4 aliphatic rings. The van der Waals surface area contributed by atoms with Crippen LogP contribution in [0.1, 0.15) is 122 Å². The molecule has 0 saturated heterocycles. The molecule has 0 saturated carbocycles. The van der Waals surface area contributed by atoms with Crippen LogP contribution < -0.4 is 0 Å². The molecule has 340 valence electrons. The van der Waals surface area contributed by atoms with Gasteiger partial charge in [0.25, 0.3) is 0 Å². The Morgan fingerprint density at radius 2 is 0.431 bits per heavy atom. The molecule has 0 radical (unpaired) electrons. The van der Waals surface area contributed by atoms with Crippen LogP contribution in [0.25, 0.3) is 110 Å². The lowest BCUT2D eigenvalue weighted by Gasteiger charge is -2.15. The van der Waals surface area contributed by atoms with Crippen molar-refractivity contribution in [1.29, 1.82) is 0 Å². The molecule has 0 aliphatic heterocycles. The van der Waals surface area contributed by atoms with Crippen LogP contribution in [0.5, 0.6) is 0 Å². The first-order valence-corrected chi connectivity index (χ1v) is 25.4. The Balaban J connectivity index is 0.000000140. The van der Waals surface area contributed by atoms with Crippen LogP contribution in [-0.4, -0.2) is 0 Å². The van der Waals surface area contributed by atoms with E-state index in [1.165, 1.54) is 153 Å². The van der Waals surface area contributed by atoms with Crippen molar-refractivity contribution in [2.24, 2.45) is 0 Å². The summed E-state index contributed by atoms with van der Waals surface area (Å²) >= 11 is 0. The molecule has 0 spiro atoms. The summed E-state index contributed by atoms with van der Waals surface area (Å²) in [7, 11) is 0. The smallest absolute Gasteiger partial charge is 0.0403 e. The van der Waals surface area contributed by atoms with E-state index in [0.717, 1.165) is 47.9 Å². The minimum absolute atomic E-state index is 1.04. The number of hydrogen-bond acceptors (Lipinski definition) is 0. The van der Waals surface area contributed by atoms with Crippen LogP contribution in [-0.2, 0) is 25.7 Å². The third-order valence-corrected chi connectivity index (χ3v) is 15.6. The van der Waals surface area contributed by atoms with E-state index in [1.54, 1.807) is 0 Å². The van der Waals surface area contributed by atoms with E-state index < -0.39 is 0 Å². The Morgan fingerprint density at radius 1 is 0.250 bits per heavy atom. The van der Waals surface area contributed by atoms with Crippen molar-refractivity contribution in [3.05, 3.63) is 186 Å². The summed E-state index contributed by atoms with van der Waals surface area (Å²) in [5.41, 5.74) is 21.2. The topological polar surface area (TPSA) is 0 Å². The largest absolute Gasteiger partial charge is 0.101 e. The average molecular weight is 917 g/mol. The molecule has 0 nitrogen and oxygen atoms in total. The van der Waals surface area contributed by atoms with Crippen LogP contribution in [0.3, 0.4) is 0 Å². The quantitative estimate of drug-likeness (QED) is 0.105. The lowest BCUT2D eigenvalue weighted by atomic mass is 9.87. The Labute approximate surface area is 422 Å². The summed E-state index contributed by atoms with van der Waals surface area (Å²) in [6, 6.07) is 37.6. The first kappa shape index (κ1) is 43.5. The van der Waals surface area contributed by atoms with Crippen molar-refractivity contribution >= 4 is 110 Å². The number of allylic oxidation sites excluding steroid dienone is 4. The highest BCUT2D eigenvalue weighted by Gasteiger charge is 2.21. The van der Waals surface area contributed by atoms with E-state index in [2.05, 4.69) is 196 Å². The zero-order valence-corrected chi connectivity index (χ0v) is 42.4. The molecule has 14 rings (SSSR count). The Kier molecular flexibility index (Phi) is 9.99. The van der Waals surface area contributed by atoms with Gasteiger partial charge in [-0.3, -0.25) is 0 Å². The second-order valence-electron chi connectivity index (χ2n) is 20.9. The first-order chi connectivity index (χ1) is 35.0. The summed E-state index contributed by atoms with van der Waals surface area (Å²) in [5, 5.41) is 19.7. The van der Waals surface area contributed by atoms with E-state index in [1.807, 2.05) is 27.7 Å². The number of rotatable bonds is 0. The van der Waals surface area contributed by atoms with E-state index in [9.17, 15) is 0 Å². The van der Waals surface area contributed by atoms with Crippen molar-refractivity contribution in [2.45, 2.75) is 81.1 Å². The van der Waals surface area contributed by atoms with Crippen molar-refractivity contribution in [3.63, 3.8) is 0 Å². The average Bonchev–Trinajstić information content (AvgIpc) is 4.12. The Bertz CT molecular complexity index is 4360. The fraction of sp³-hybridized carbons (Fsp3) is 0.167. The van der Waals surface area contributed by atoms with Gasteiger partial charge >= 0.3 is 0 Å². The van der Waals surface area contributed by atoms with Gasteiger partial charge in [0.05, 0.1) is 0 Å². The van der Waals surface area contributed by atoms with Gasteiger partial charge in [0.1, 0.15) is 0 Å². The van der Waals surface area contributed by atoms with Crippen molar-refractivity contribution in [3.8, 4) is 47.4 Å². The lowest BCUT2D eigenvalue weighted by molar-refractivity contribution is 1.20. The van der Waals surface area contributed by atoms with Crippen LogP contribution in [0, 0.1) is 47.4 Å². The molecule has 0 unspecified atom stereocenters. The molecule has 0 aromatic heterocycles. The standard InChI is InChI=1S/2C36H26/c2*1-5-7-31-33-17-27-13-23-9-21(3)11-25(23)15-29(27)19-35(33)32(8-6-2)36-20-30-16-26-12-22(4)10-24(26)14-28(30)18-34(31)36/h9,12-20H,10-11H2,1-4H3;9-10,13-20H,11-12H2,1-4H3. The molecule has 0 heterocycles. The summed E-state index contributed by atoms with van der Waals surface area (Å²) in [4.78, 5) is 0. The van der Waals surface area contributed by atoms with Gasteiger partial charge in [-0.2, -0.15) is 0 Å². The fourth-order valence-corrected chi connectivity index (χ4v) is 12.5. The van der Waals surface area contributed by atoms with Crippen LogP contribution in [0.15, 0.2) is 119 Å². The van der Waals surface area contributed by atoms with Gasteiger partial charge in [-0.05, 0) is 285 Å². The predicted octanol–water partition coefficient (Wildman–Crippen LogP) is 17.9. The third-order valence-electron chi connectivity index (χ3n) is 15.6. The summed E-state index contributed by atoms with van der Waals surface area (Å²) in [5.74, 6) is 26.8. The number of fused-ring (bicyclic) bond motifs is 12. The molecule has 0 bridgehead atoms. The predicted molar refractivity (Wildman–Crippen MR) is 313 cm³/mol.